The summed E-state index contributed by atoms with van der Waals surface area (Å²) in [5.41, 5.74) is 0.795. The van der Waals surface area contributed by atoms with Gasteiger partial charge in [-0.1, -0.05) is 31.8 Å². The van der Waals surface area contributed by atoms with Crippen molar-refractivity contribution >= 4 is 42.3 Å². The van der Waals surface area contributed by atoms with Crippen molar-refractivity contribution in [1.29, 1.82) is 0 Å². The number of carbonyl (C=O) groups excluding carboxylic acids is 1. The van der Waals surface area contributed by atoms with Crippen molar-refractivity contribution in [2.24, 2.45) is 0 Å². The first-order valence-electron chi connectivity index (χ1n) is 6.45. The zero-order valence-corrected chi connectivity index (χ0v) is 15.3. The molecular weight excluding hydrogens is 381 g/mol. The molecule has 0 spiro atoms. The fraction of sp³-hybridized carbons (Fsp3) is 0.400. The number of nitrogens with zero attached hydrogens (tertiary/aromatic N) is 1. The van der Waals surface area contributed by atoms with E-state index in [1.165, 1.54) is 4.90 Å². The molecule has 0 atom stereocenters. The molecule has 1 aromatic rings. The van der Waals surface area contributed by atoms with Crippen LogP contribution in [0.4, 0.5) is 5.69 Å². The van der Waals surface area contributed by atoms with Gasteiger partial charge in [-0.25, -0.2) is 0 Å². The number of hydrogen-bond donors (Lipinski definition) is 0. The van der Waals surface area contributed by atoms with E-state index < -0.39 is 8.07 Å². The monoisotopic (exact) mass is 401 g/mol. The fourth-order valence-electron chi connectivity index (χ4n) is 1.52. The zero-order valence-electron chi connectivity index (χ0n) is 12.1. The van der Waals surface area contributed by atoms with Gasteiger partial charge in [0, 0.05) is 18.3 Å². The van der Waals surface area contributed by atoms with E-state index in [9.17, 15) is 4.79 Å². The summed E-state index contributed by atoms with van der Waals surface area (Å²) < 4.78 is 6.62. The predicted octanol–water partition coefficient (Wildman–Crippen LogP) is 3.57. The van der Waals surface area contributed by atoms with Crippen LogP contribution in [0.3, 0.4) is 0 Å². The van der Waals surface area contributed by atoms with E-state index in [0.717, 1.165) is 15.3 Å². The van der Waals surface area contributed by atoms with Gasteiger partial charge in [-0.3, -0.25) is 9.69 Å². The number of rotatable bonds is 6. The lowest BCUT2D eigenvalue weighted by Gasteiger charge is -2.22. The Balaban J connectivity index is 2.71. The number of amides is 1. The van der Waals surface area contributed by atoms with Crippen LogP contribution in [-0.4, -0.2) is 27.3 Å². The van der Waals surface area contributed by atoms with Crippen LogP contribution in [0.5, 0.6) is 0 Å². The summed E-state index contributed by atoms with van der Waals surface area (Å²) in [6, 6.07) is 8.69. The maximum Gasteiger partial charge on any atom is 0.304 e. The number of ether oxygens (including phenoxy) is 1. The van der Waals surface area contributed by atoms with Gasteiger partial charge in [-0.2, -0.15) is 0 Å². The lowest BCUT2D eigenvalue weighted by Crippen LogP contribution is -2.33. The van der Waals surface area contributed by atoms with Gasteiger partial charge < -0.3 is 4.74 Å². The Morgan fingerprint density at radius 2 is 2.05 bits per heavy atom. The highest BCUT2D eigenvalue weighted by molar-refractivity contribution is 14.1. The van der Waals surface area contributed by atoms with Gasteiger partial charge in [0.15, 0.2) is 0 Å². The smallest absolute Gasteiger partial charge is 0.304 e. The van der Waals surface area contributed by atoms with Crippen LogP contribution in [0.15, 0.2) is 24.3 Å². The molecule has 0 unspecified atom stereocenters. The molecule has 20 heavy (non-hydrogen) atoms. The van der Waals surface area contributed by atoms with Crippen molar-refractivity contribution in [3.63, 3.8) is 0 Å². The highest BCUT2D eigenvalue weighted by atomic mass is 127. The number of anilines is 1. The van der Waals surface area contributed by atoms with Crippen LogP contribution in [0, 0.1) is 15.9 Å². The average Bonchev–Trinajstić information content (AvgIpc) is 2.38. The normalized spacial score (nSPS) is 10.9. The van der Waals surface area contributed by atoms with E-state index in [2.05, 4.69) is 48.2 Å². The van der Waals surface area contributed by atoms with Gasteiger partial charge in [0.25, 0.3) is 0 Å². The van der Waals surface area contributed by atoms with Crippen molar-refractivity contribution in [3.8, 4) is 12.3 Å². The lowest BCUT2D eigenvalue weighted by atomic mass is 10.3. The standard InChI is InChI=1S/C15H20INO2Si/c1-5-15(18)17(12-19-10-11-20(2,3)4)14-9-7-6-8-13(14)16/h1,6-9H,10-12H2,2-4H3. The maximum absolute atomic E-state index is 11.9. The largest absolute Gasteiger partial charge is 0.361 e. The Hall–Kier alpha value is -0.843. The molecule has 0 heterocycles. The molecule has 5 heteroatoms. The van der Waals surface area contributed by atoms with Crippen molar-refractivity contribution in [2.75, 3.05) is 18.2 Å². The van der Waals surface area contributed by atoms with E-state index in [1.54, 1.807) is 0 Å². The fourth-order valence-corrected chi connectivity index (χ4v) is 2.96. The SMILES string of the molecule is C#CC(=O)N(COCC[Si](C)(C)C)c1ccccc1I. The third-order valence-corrected chi connectivity index (χ3v) is 5.34. The van der Waals surface area contributed by atoms with Crippen LogP contribution >= 0.6 is 22.6 Å². The molecule has 0 N–H and O–H groups in total. The number of terminal acetylenes is 1. The molecule has 1 rings (SSSR count). The first kappa shape index (κ1) is 17.2. The quantitative estimate of drug-likeness (QED) is 0.240. The van der Waals surface area contributed by atoms with Crippen LogP contribution in [-0.2, 0) is 9.53 Å². The summed E-state index contributed by atoms with van der Waals surface area (Å²) in [6.45, 7) is 7.74. The number of benzene rings is 1. The third kappa shape index (κ3) is 5.65. The van der Waals surface area contributed by atoms with Crippen LogP contribution in [0.1, 0.15) is 0 Å². The molecular formula is C15H20INO2Si. The molecule has 0 aromatic heterocycles. The van der Waals surface area contributed by atoms with Crippen LogP contribution in [0.25, 0.3) is 0 Å². The Morgan fingerprint density at radius 3 is 2.60 bits per heavy atom. The number of para-hydroxylation sites is 1. The zero-order chi connectivity index (χ0) is 15.2. The minimum Gasteiger partial charge on any atom is -0.361 e. The lowest BCUT2D eigenvalue weighted by molar-refractivity contribution is -0.114. The Kier molecular flexibility index (Phi) is 6.72. The second-order valence-corrected chi connectivity index (χ2v) is 12.5. The number of carbonyl (C=O) groups is 1. The first-order chi connectivity index (χ1) is 9.35. The van der Waals surface area contributed by atoms with Gasteiger partial charge in [0.1, 0.15) is 6.73 Å². The molecule has 108 valence electrons. The summed E-state index contributed by atoms with van der Waals surface area (Å²) in [6.07, 6.45) is 5.24. The minimum atomic E-state index is -1.13. The van der Waals surface area contributed by atoms with E-state index in [0.29, 0.717) is 6.61 Å². The van der Waals surface area contributed by atoms with Crippen molar-refractivity contribution in [1.82, 2.24) is 0 Å². The number of halogens is 1. The summed E-state index contributed by atoms with van der Waals surface area (Å²) >= 11 is 2.19. The molecule has 1 amide bonds. The van der Waals surface area contributed by atoms with Crippen LogP contribution < -0.4 is 4.90 Å². The highest BCUT2D eigenvalue weighted by Crippen LogP contribution is 2.22. The number of hydrogen-bond acceptors (Lipinski definition) is 2. The maximum atomic E-state index is 11.9. The van der Waals surface area contributed by atoms with E-state index in [1.807, 2.05) is 24.3 Å². The summed E-state index contributed by atoms with van der Waals surface area (Å²) in [4.78, 5) is 13.4. The van der Waals surface area contributed by atoms with Crippen molar-refractivity contribution in [2.45, 2.75) is 25.7 Å². The predicted molar refractivity (Wildman–Crippen MR) is 94.5 cm³/mol. The molecule has 3 nitrogen and oxygen atoms in total. The summed E-state index contributed by atoms with van der Waals surface area (Å²) in [5, 5.41) is 0. The topological polar surface area (TPSA) is 29.5 Å². The molecule has 0 aliphatic heterocycles. The molecule has 0 saturated carbocycles. The second kappa shape index (κ2) is 7.81. The van der Waals surface area contributed by atoms with Crippen molar-refractivity contribution < 1.29 is 9.53 Å². The molecule has 0 saturated heterocycles. The van der Waals surface area contributed by atoms with Gasteiger partial charge in [0.05, 0.1) is 5.69 Å². The van der Waals surface area contributed by atoms with Crippen molar-refractivity contribution in [3.05, 3.63) is 27.8 Å². The van der Waals surface area contributed by atoms with Gasteiger partial charge in [0.2, 0.25) is 0 Å². The first-order valence-corrected chi connectivity index (χ1v) is 11.2. The Labute approximate surface area is 135 Å². The third-order valence-electron chi connectivity index (χ3n) is 2.73. The van der Waals surface area contributed by atoms with Gasteiger partial charge >= 0.3 is 5.91 Å². The molecule has 0 bridgehead atoms. The molecule has 0 radical (unpaired) electrons. The Morgan fingerprint density at radius 1 is 1.40 bits per heavy atom. The molecule has 0 aliphatic rings. The highest BCUT2D eigenvalue weighted by Gasteiger charge is 2.17. The second-order valence-electron chi connectivity index (χ2n) is 5.68. The van der Waals surface area contributed by atoms with Gasteiger partial charge in [-0.15, -0.1) is 6.42 Å². The average molecular weight is 401 g/mol. The summed E-state index contributed by atoms with van der Waals surface area (Å²) in [7, 11) is -1.13. The summed E-state index contributed by atoms with van der Waals surface area (Å²) in [5.74, 6) is 1.79. The molecule has 0 fully saturated rings. The van der Waals surface area contributed by atoms with E-state index in [4.69, 9.17) is 11.2 Å². The van der Waals surface area contributed by atoms with E-state index >= 15 is 0 Å². The Bertz CT molecular complexity index is 505. The molecule has 0 aliphatic carbocycles. The van der Waals surface area contributed by atoms with Crippen LogP contribution in [0.2, 0.25) is 25.7 Å². The van der Waals surface area contributed by atoms with Gasteiger partial charge in [-0.05, 0) is 46.7 Å². The molecule has 1 aromatic carbocycles. The van der Waals surface area contributed by atoms with E-state index in [-0.39, 0.29) is 12.6 Å². The minimum absolute atomic E-state index is 0.202.